The summed E-state index contributed by atoms with van der Waals surface area (Å²) in [4.78, 5) is 40.5. The van der Waals surface area contributed by atoms with Crippen LogP contribution >= 0.6 is 59.7 Å². The van der Waals surface area contributed by atoms with Crippen molar-refractivity contribution >= 4 is 159 Å². The number of aromatic nitrogens is 4. The Bertz CT molecular complexity index is 3250. The second-order valence-corrected chi connectivity index (χ2v) is 21.9. The first-order valence-electron chi connectivity index (χ1n) is 18.8. The molecule has 0 atom stereocenters. The van der Waals surface area contributed by atoms with Crippen molar-refractivity contribution in [3.05, 3.63) is 59.7 Å². The number of nitrogens with one attached hydrogen (secondary N) is 2. The molecule has 0 bridgehead atoms. The summed E-state index contributed by atoms with van der Waals surface area (Å²) in [5.74, 6) is -3.53. The zero-order valence-corrected chi connectivity index (χ0v) is 42.5. The summed E-state index contributed by atoms with van der Waals surface area (Å²) in [6, 6.07) is 7.66. The molecule has 0 radical (unpaired) electrons. The maximum atomic E-state index is 13.5. The van der Waals surface area contributed by atoms with Crippen molar-refractivity contribution in [2.75, 3.05) is 56.6 Å². The Labute approximate surface area is 435 Å². The van der Waals surface area contributed by atoms with E-state index >= 15 is 0 Å². The molecule has 0 aliphatic heterocycles. The van der Waals surface area contributed by atoms with Gasteiger partial charge in [-0.2, -0.15) is 25.3 Å². The van der Waals surface area contributed by atoms with E-state index in [-0.39, 0.29) is 78.4 Å². The van der Waals surface area contributed by atoms with Crippen LogP contribution in [0.15, 0.2) is 98.9 Å². The normalized spacial score (nSPS) is 12.2. The van der Waals surface area contributed by atoms with Crippen LogP contribution in [0.5, 0.6) is 0 Å². The highest BCUT2D eigenvalue weighted by molar-refractivity contribution is 8.01. The van der Waals surface area contributed by atoms with Gasteiger partial charge in [-0.25, -0.2) is 35.7 Å². The van der Waals surface area contributed by atoms with E-state index in [1.165, 1.54) is 0 Å². The third kappa shape index (κ3) is 17.2. The second kappa shape index (κ2) is 26.7. The molecule has 0 spiro atoms. The van der Waals surface area contributed by atoms with Gasteiger partial charge < -0.3 is 33.6 Å². The highest BCUT2D eigenvalue weighted by atomic mass is 32.2. The van der Waals surface area contributed by atoms with Crippen molar-refractivity contribution in [3.8, 4) is 0 Å². The van der Waals surface area contributed by atoms with E-state index in [1.54, 1.807) is 0 Å². The molecular formula is C32H32N14O20S8. The van der Waals surface area contributed by atoms with Gasteiger partial charge in [-0.15, -0.1) is 33.5 Å². The fourth-order valence-corrected chi connectivity index (χ4v) is 10.3. The number of hydrogen-bond acceptors (Lipinski definition) is 34. The highest BCUT2D eigenvalue weighted by Crippen LogP contribution is 2.41. The van der Waals surface area contributed by atoms with Gasteiger partial charge in [-0.05, 0) is 48.5 Å². The number of anilines is 6. The molecule has 16 N–H and O–H groups in total. The lowest BCUT2D eigenvalue weighted by atomic mass is 10.1. The third-order valence-corrected chi connectivity index (χ3v) is 14.8. The van der Waals surface area contributed by atoms with Gasteiger partial charge in [-0.1, -0.05) is 38.6 Å². The first kappa shape index (κ1) is 59.2. The van der Waals surface area contributed by atoms with E-state index < -0.39 is 97.8 Å². The Hall–Kier alpha value is -5.72. The van der Waals surface area contributed by atoms with Gasteiger partial charge in [-0.3, -0.25) is 23.2 Å². The minimum Gasteiger partial charge on any atom is -0.382 e. The number of azo groups is 2. The van der Waals surface area contributed by atoms with Crippen LogP contribution in [0.4, 0.5) is 57.4 Å². The molecule has 0 fully saturated rings. The van der Waals surface area contributed by atoms with Gasteiger partial charge in [0.25, 0.3) is 42.2 Å². The molecule has 2 aromatic heterocycles. The topological polar surface area (TPSA) is 542 Å². The Morgan fingerprint density at radius 2 is 1.01 bits per heavy atom. The quantitative estimate of drug-likeness (QED) is 0.00480. The van der Waals surface area contributed by atoms with Gasteiger partial charge in [0.1, 0.15) is 21.2 Å². The molecule has 0 aliphatic carbocycles. The van der Waals surface area contributed by atoms with E-state index in [2.05, 4.69) is 79.1 Å². The molecule has 3 aromatic carbocycles. The monoisotopic (exact) mass is 1190 g/mol. The van der Waals surface area contributed by atoms with Crippen molar-refractivity contribution < 1.29 is 92.4 Å². The minimum absolute atomic E-state index is 0.116. The Kier molecular flexibility index (Phi) is 21.3. The number of hydrogen-bond donors (Lipinski definition) is 12. The van der Waals surface area contributed by atoms with Crippen molar-refractivity contribution in [2.24, 2.45) is 20.5 Å². The standard InChI is InChI=1S/C32H32N14O20S8/c33-25-23(26(34)40-31(39-25)67-5-6-69-64-61-49)45-43-16-12-21(73(55,56)57)17(9-20(16)71-66-63-51)38-30(48)14-3-1-13(2-4-14)29(47)37-15-11-22(74(58,59)60)18(10-19(15)70-65-62-50)44-46-24-27(35)41-32(42-28(24)36)68-7-8-72(52,53)54/h1-4,9-12,49-51H,5-8H2,(H,37,47)(H,38,48)(H,52,53,54)(H,55,56,57)(H,58,59,60)(H4,33,34,39,40)(H4,35,36,41,42). The molecule has 5 aromatic rings. The van der Waals surface area contributed by atoms with Crippen LogP contribution in [-0.2, 0) is 58.5 Å². The Morgan fingerprint density at radius 1 is 0.554 bits per heavy atom. The molecular weight excluding hydrogens is 1160 g/mol. The molecule has 2 amide bonds. The number of benzene rings is 3. The summed E-state index contributed by atoms with van der Waals surface area (Å²) in [7, 11) is -14.7. The fourth-order valence-electron chi connectivity index (χ4n) is 5.21. The van der Waals surface area contributed by atoms with Crippen LogP contribution in [0, 0.1) is 0 Å². The van der Waals surface area contributed by atoms with Crippen LogP contribution in [0.2, 0.25) is 0 Å². The summed E-state index contributed by atoms with van der Waals surface area (Å²) in [5.41, 5.74) is 20.7. The summed E-state index contributed by atoms with van der Waals surface area (Å²) in [5, 5.41) is 56.6. The van der Waals surface area contributed by atoms with Gasteiger partial charge >= 0.3 is 0 Å². The van der Waals surface area contributed by atoms with Gasteiger partial charge in [0.05, 0.1) is 51.0 Å². The smallest absolute Gasteiger partial charge is 0.296 e. The van der Waals surface area contributed by atoms with E-state index in [4.69, 9.17) is 43.3 Å². The van der Waals surface area contributed by atoms with Crippen LogP contribution in [-0.4, -0.2) is 109 Å². The van der Waals surface area contributed by atoms with Crippen LogP contribution in [0.1, 0.15) is 20.7 Å². The molecule has 0 unspecified atom stereocenters. The number of rotatable bonds is 26. The summed E-state index contributed by atoms with van der Waals surface area (Å²) >= 11 is 3.06. The van der Waals surface area contributed by atoms with Crippen molar-refractivity contribution in [2.45, 2.75) is 29.9 Å². The largest absolute Gasteiger partial charge is 0.382 e. The molecule has 0 aliphatic rings. The lowest BCUT2D eigenvalue weighted by Crippen LogP contribution is -2.16. The lowest BCUT2D eigenvalue weighted by Gasteiger charge is -2.14. The van der Waals surface area contributed by atoms with Gasteiger partial charge in [0.15, 0.2) is 45.0 Å². The molecule has 34 nitrogen and oxygen atoms in total. The minimum atomic E-state index is -5.20. The van der Waals surface area contributed by atoms with E-state index in [0.29, 0.717) is 17.6 Å². The van der Waals surface area contributed by atoms with Crippen molar-refractivity contribution in [1.82, 2.24) is 19.9 Å². The number of nitrogen functional groups attached to an aromatic ring is 4. The van der Waals surface area contributed by atoms with Crippen LogP contribution < -0.4 is 33.6 Å². The molecule has 5 rings (SSSR count). The lowest BCUT2D eigenvalue weighted by molar-refractivity contribution is -0.432. The van der Waals surface area contributed by atoms with Gasteiger partial charge in [0.2, 0.25) is 0 Å². The zero-order valence-electron chi connectivity index (χ0n) is 36.0. The first-order chi connectivity index (χ1) is 34.9. The maximum absolute atomic E-state index is 13.5. The first-order valence-corrected chi connectivity index (χ1v) is 27.6. The predicted octanol–water partition coefficient (Wildman–Crippen LogP) is 5.42. The molecule has 0 saturated carbocycles. The molecule has 2 heterocycles. The number of carbonyl (C=O) groups excluding carboxylic acids is 2. The molecule has 74 heavy (non-hydrogen) atoms. The highest BCUT2D eigenvalue weighted by Gasteiger charge is 2.25. The van der Waals surface area contributed by atoms with Crippen molar-refractivity contribution in [3.63, 3.8) is 0 Å². The Balaban J connectivity index is 1.38. The van der Waals surface area contributed by atoms with E-state index in [0.717, 1.165) is 78.0 Å². The van der Waals surface area contributed by atoms with Crippen molar-refractivity contribution in [1.29, 1.82) is 0 Å². The number of nitrogens with zero attached hydrogens (tertiary/aromatic N) is 8. The summed E-state index contributed by atoms with van der Waals surface area (Å²) < 4.78 is 115. The number of nitrogens with two attached hydrogens (primary N) is 4. The SMILES string of the molecule is Nc1nc(SCCSOOO)nc(N)c1N=Nc1cc(S(=O)(=O)O)c(NC(=O)c2ccc(C(=O)Nc3cc(S(=O)(=O)O)c(N=Nc4c(N)nc(SCCS(=O)(=O)O)nc4N)cc3SOOO)cc2)cc1SOOO. The number of carbonyl (C=O) groups is 2. The molecule has 398 valence electrons. The fraction of sp³-hybridized carbons (Fsp3) is 0.125. The average molecular weight is 1190 g/mol. The Morgan fingerprint density at radius 3 is 1.49 bits per heavy atom. The maximum Gasteiger partial charge on any atom is 0.296 e. The van der Waals surface area contributed by atoms with E-state index in [9.17, 15) is 43.9 Å². The zero-order chi connectivity index (χ0) is 54.4. The molecule has 0 saturated heterocycles. The number of amides is 2. The van der Waals surface area contributed by atoms with Crippen LogP contribution in [0.25, 0.3) is 0 Å². The second-order valence-electron chi connectivity index (χ2n) is 13.1. The predicted molar refractivity (Wildman–Crippen MR) is 261 cm³/mol. The van der Waals surface area contributed by atoms with Crippen LogP contribution in [0.3, 0.4) is 0 Å². The molecule has 42 heteroatoms. The number of thioether (sulfide) groups is 2. The van der Waals surface area contributed by atoms with Gasteiger partial charge in [0, 0.05) is 40.4 Å². The third-order valence-electron chi connectivity index (χ3n) is 8.29. The summed E-state index contributed by atoms with van der Waals surface area (Å²) in [6.45, 7) is 0. The van der Waals surface area contributed by atoms with E-state index in [1.807, 2.05) is 0 Å². The summed E-state index contributed by atoms with van der Waals surface area (Å²) in [6.07, 6.45) is 0. The average Bonchev–Trinajstić information content (AvgIpc) is 3.31.